The summed E-state index contributed by atoms with van der Waals surface area (Å²) in [6, 6.07) is 14.8. The van der Waals surface area contributed by atoms with Gasteiger partial charge in [0.25, 0.3) is 0 Å². The monoisotopic (exact) mass is 457 g/mol. The first kappa shape index (κ1) is 21.3. The molecule has 1 saturated heterocycles. The minimum Gasteiger partial charge on any atom is -0.326 e. The zero-order chi connectivity index (χ0) is 22.0. The quantitative estimate of drug-likeness (QED) is 0.552. The van der Waals surface area contributed by atoms with Crippen molar-refractivity contribution in [1.82, 2.24) is 14.8 Å². The Morgan fingerprint density at radius 3 is 2.52 bits per heavy atom. The summed E-state index contributed by atoms with van der Waals surface area (Å²) in [5.41, 5.74) is 3.30. The van der Waals surface area contributed by atoms with Crippen molar-refractivity contribution in [2.24, 2.45) is 0 Å². The number of rotatable bonds is 6. The number of anilines is 2. The van der Waals surface area contributed by atoms with E-state index in [1.54, 1.807) is 28.8 Å². The van der Waals surface area contributed by atoms with Gasteiger partial charge in [0.2, 0.25) is 15.9 Å². The topological polar surface area (TPSA) is 100 Å². The average molecular weight is 458 g/mol. The van der Waals surface area contributed by atoms with Gasteiger partial charge in [-0.15, -0.1) is 0 Å². The summed E-state index contributed by atoms with van der Waals surface area (Å²) in [6.45, 7) is 2.89. The van der Waals surface area contributed by atoms with Crippen molar-refractivity contribution in [3.63, 3.8) is 0 Å². The van der Waals surface area contributed by atoms with Crippen LogP contribution in [-0.2, 0) is 21.4 Å². The number of amides is 1. The minimum absolute atomic E-state index is 0.167. The summed E-state index contributed by atoms with van der Waals surface area (Å²) < 4.78 is 27.7. The van der Waals surface area contributed by atoms with E-state index in [9.17, 15) is 13.2 Å². The van der Waals surface area contributed by atoms with Crippen LogP contribution in [0.1, 0.15) is 18.4 Å². The molecule has 3 aromatic rings. The van der Waals surface area contributed by atoms with Gasteiger partial charge in [-0.1, -0.05) is 29.8 Å². The summed E-state index contributed by atoms with van der Waals surface area (Å²) in [7, 11) is -3.22. The average Bonchev–Trinajstić information content (AvgIpc) is 3.29. The predicted molar refractivity (Wildman–Crippen MR) is 123 cm³/mol. The van der Waals surface area contributed by atoms with Gasteiger partial charge in [-0.3, -0.25) is 18.8 Å². The minimum atomic E-state index is -3.22. The fourth-order valence-corrected chi connectivity index (χ4v) is 5.31. The number of carbonyl (C=O) groups is 1. The third kappa shape index (κ3) is 4.70. The van der Waals surface area contributed by atoms with Crippen molar-refractivity contribution in [2.75, 3.05) is 21.9 Å². The summed E-state index contributed by atoms with van der Waals surface area (Å²) in [6.07, 6.45) is 0.844. The Bertz CT molecular complexity index is 1250. The zero-order valence-corrected chi connectivity index (χ0v) is 18.7. The molecular formula is C21H23N5O3S2. The first-order valence-electron chi connectivity index (χ1n) is 9.96. The van der Waals surface area contributed by atoms with Crippen molar-refractivity contribution < 1.29 is 13.2 Å². The van der Waals surface area contributed by atoms with E-state index < -0.39 is 10.0 Å². The van der Waals surface area contributed by atoms with E-state index in [1.165, 1.54) is 4.31 Å². The van der Waals surface area contributed by atoms with Crippen molar-refractivity contribution in [3.05, 3.63) is 58.9 Å². The molecule has 1 aromatic heterocycles. The Hall–Kier alpha value is -2.98. The van der Waals surface area contributed by atoms with E-state index in [0.29, 0.717) is 41.5 Å². The number of nitrogens with zero attached hydrogens (tertiary/aromatic N) is 3. The van der Waals surface area contributed by atoms with E-state index in [4.69, 9.17) is 12.2 Å². The number of hydrogen-bond donors (Lipinski definition) is 2. The standard InChI is InChI=1S/C21H23N5O3S2/c1-15-3-5-16(6-4-15)20-23-24-21(30)25(20)13-11-19(27)22-17-7-9-18(10-8-17)26-12-2-14-31(26,28)29/h3-10H,2,11-14H2,1H3,(H,22,27)(H,24,30). The molecule has 2 heterocycles. The molecule has 0 radical (unpaired) electrons. The molecule has 0 atom stereocenters. The van der Waals surface area contributed by atoms with Crippen LogP contribution in [0.3, 0.4) is 0 Å². The van der Waals surface area contributed by atoms with Crippen LogP contribution >= 0.6 is 12.2 Å². The third-order valence-corrected chi connectivity index (χ3v) is 7.35. The molecule has 0 aliphatic carbocycles. The smallest absolute Gasteiger partial charge is 0.235 e. The number of benzene rings is 2. The first-order chi connectivity index (χ1) is 14.8. The van der Waals surface area contributed by atoms with Crippen molar-refractivity contribution >= 4 is 39.5 Å². The van der Waals surface area contributed by atoms with Gasteiger partial charge < -0.3 is 5.32 Å². The number of H-pyrrole nitrogens is 1. The summed E-state index contributed by atoms with van der Waals surface area (Å²) in [5.74, 6) is 0.695. The number of carbonyl (C=O) groups excluding carboxylic acids is 1. The molecule has 0 bridgehead atoms. The maximum absolute atomic E-state index is 12.5. The van der Waals surface area contributed by atoms with Crippen LogP contribution in [0.2, 0.25) is 0 Å². The highest BCUT2D eigenvalue weighted by Gasteiger charge is 2.28. The number of hydrogen-bond acceptors (Lipinski definition) is 5. The highest BCUT2D eigenvalue weighted by molar-refractivity contribution is 7.93. The fraction of sp³-hybridized carbons (Fsp3) is 0.286. The van der Waals surface area contributed by atoms with Crippen LogP contribution in [-0.4, -0.2) is 41.4 Å². The zero-order valence-electron chi connectivity index (χ0n) is 17.0. The fourth-order valence-electron chi connectivity index (χ4n) is 3.53. The van der Waals surface area contributed by atoms with Crippen LogP contribution in [0.25, 0.3) is 11.4 Å². The third-order valence-electron chi connectivity index (χ3n) is 5.17. The molecule has 2 aromatic carbocycles. The van der Waals surface area contributed by atoms with Crippen LogP contribution in [0.5, 0.6) is 0 Å². The lowest BCUT2D eigenvalue weighted by Crippen LogP contribution is -2.25. The molecule has 4 rings (SSSR count). The predicted octanol–water partition coefficient (Wildman–Crippen LogP) is 3.48. The Labute approximate surface area is 186 Å². The second-order valence-corrected chi connectivity index (χ2v) is 9.86. The molecule has 1 aliphatic heterocycles. The molecular weight excluding hydrogens is 434 g/mol. The van der Waals surface area contributed by atoms with E-state index in [1.807, 2.05) is 31.2 Å². The number of aryl methyl sites for hydroxylation is 1. The molecule has 1 amide bonds. The Balaban J connectivity index is 1.40. The highest BCUT2D eigenvalue weighted by Crippen LogP contribution is 2.25. The lowest BCUT2D eigenvalue weighted by molar-refractivity contribution is -0.116. The van der Waals surface area contributed by atoms with Crippen LogP contribution < -0.4 is 9.62 Å². The largest absolute Gasteiger partial charge is 0.326 e. The van der Waals surface area contributed by atoms with Gasteiger partial charge >= 0.3 is 0 Å². The van der Waals surface area contributed by atoms with Gasteiger partial charge in [-0.25, -0.2) is 8.42 Å². The second-order valence-electron chi connectivity index (χ2n) is 7.46. The number of nitrogens with one attached hydrogen (secondary N) is 2. The van der Waals surface area contributed by atoms with Gasteiger partial charge in [-0.05, 0) is 49.8 Å². The summed E-state index contributed by atoms with van der Waals surface area (Å²) >= 11 is 5.33. The molecule has 0 saturated carbocycles. The van der Waals surface area contributed by atoms with E-state index >= 15 is 0 Å². The normalized spacial score (nSPS) is 15.2. The van der Waals surface area contributed by atoms with Gasteiger partial charge in [0, 0.05) is 30.8 Å². The van der Waals surface area contributed by atoms with Crippen molar-refractivity contribution in [1.29, 1.82) is 0 Å². The van der Waals surface area contributed by atoms with Crippen LogP contribution in [0, 0.1) is 11.7 Å². The highest BCUT2D eigenvalue weighted by atomic mass is 32.2. The molecule has 0 spiro atoms. The van der Waals surface area contributed by atoms with Gasteiger partial charge in [0.05, 0.1) is 11.4 Å². The summed E-state index contributed by atoms with van der Waals surface area (Å²) in [5, 5.41) is 9.93. The molecule has 1 fully saturated rings. The first-order valence-corrected chi connectivity index (χ1v) is 12.0. The SMILES string of the molecule is Cc1ccc(-c2n[nH]c(=S)n2CCC(=O)Nc2ccc(N3CCCS3(=O)=O)cc2)cc1. The molecule has 1 aliphatic rings. The number of aromatic amines is 1. The number of aromatic nitrogens is 3. The lowest BCUT2D eigenvalue weighted by Gasteiger charge is -2.17. The Kier molecular flexibility index (Phi) is 5.92. The van der Waals surface area contributed by atoms with Crippen molar-refractivity contribution in [3.8, 4) is 11.4 Å². The maximum atomic E-state index is 12.5. The Morgan fingerprint density at radius 1 is 1.16 bits per heavy atom. The Morgan fingerprint density at radius 2 is 1.87 bits per heavy atom. The van der Waals surface area contributed by atoms with Gasteiger partial charge in [-0.2, -0.15) is 5.10 Å². The number of sulfonamides is 1. The van der Waals surface area contributed by atoms with Gasteiger partial charge in [0.1, 0.15) is 0 Å². The molecule has 10 heteroatoms. The van der Waals surface area contributed by atoms with Crippen LogP contribution in [0.4, 0.5) is 11.4 Å². The maximum Gasteiger partial charge on any atom is 0.235 e. The molecule has 8 nitrogen and oxygen atoms in total. The van der Waals surface area contributed by atoms with Crippen molar-refractivity contribution in [2.45, 2.75) is 26.3 Å². The second kappa shape index (κ2) is 8.64. The molecule has 162 valence electrons. The molecule has 0 unspecified atom stereocenters. The molecule has 2 N–H and O–H groups in total. The van der Waals surface area contributed by atoms with Crippen LogP contribution in [0.15, 0.2) is 48.5 Å². The molecule has 31 heavy (non-hydrogen) atoms. The lowest BCUT2D eigenvalue weighted by atomic mass is 10.1. The van der Waals surface area contributed by atoms with E-state index in [-0.39, 0.29) is 18.1 Å². The summed E-state index contributed by atoms with van der Waals surface area (Å²) in [4.78, 5) is 12.5. The van der Waals surface area contributed by atoms with E-state index in [2.05, 4.69) is 15.5 Å². The van der Waals surface area contributed by atoms with Gasteiger partial charge in [0.15, 0.2) is 10.6 Å². The van der Waals surface area contributed by atoms with E-state index in [0.717, 1.165) is 11.1 Å².